The lowest BCUT2D eigenvalue weighted by atomic mass is 9.49. The molecule has 284 valence electrons. The van der Waals surface area contributed by atoms with Gasteiger partial charge in [-0.05, 0) is 91.4 Å². The van der Waals surface area contributed by atoms with E-state index >= 15 is 9.59 Å². The third kappa shape index (κ3) is 5.55. The van der Waals surface area contributed by atoms with Crippen molar-refractivity contribution in [2.24, 2.45) is 23.7 Å². The summed E-state index contributed by atoms with van der Waals surface area (Å²) in [6, 6.07) is 36.2. The van der Waals surface area contributed by atoms with Crippen LogP contribution in [0.5, 0.6) is 11.5 Å². The van der Waals surface area contributed by atoms with E-state index in [1.54, 1.807) is 91.9 Å². The summed E-state index contributed by atoms with van der Waals surface area (Å²) in [7, 11) is 0. The molecule has 2 heterocycles. The van der Waals surface area contributed by atoms with Crippen molar-refractivity contribution in [2.75, 3.05) is 16.4 Å². The smallest absolute Gasteiger partial charge is 0.246 e. The molecule has 3 fully saturated rings. The van der Waals surface area contributed by atoms with Crippen LogP contribution in [-0.2, 0) is 24.6 Å². The van der Waals surface area contributed by atoms with Gasteiger partial charge in [-0.3, -0.25) is 28.9 Å². The van der Waals surface area contributed by atoms with E-state index in [9.17, 15) is 19.5 Å². The molecule has 4 aliphatic rings. The minimum Gasteiger partial charge on any atom is -0.504 e. The summed E-state index contributed by atoms with van der Waals surface area (Å²) >= 11 is 6.43. The molecular formula is C47H37ClN2O7. The lowest BCUT2D eigenvalue weighted by molar-refractivity contribution is -0.127. The molecule has 5 aromatic rings. The predicted octanol–water partition coefficient (Wildman–Crippen LogP) is 8.04. The summed E-state index contributed by atoms with van der Waals surface area (Å²) in [6.45, 7) is 2.08. The zero-order valence-corrected chi connectivity index (χ0v) is 31.6. The molecule has 10 heteroatoms. The number of anilines is 2. The molecule has 6 atom stereocenters. The Hall–Kier alpha value is -6.32. The highest BCUT2D eigenvalue weighted by atomic mass is 35.5. The summed E-state index contributed by atoms with van der Waals surface area (Å²) in [5.74, 6) is -5.45. The number of halogens is 1. The van der Waals surface area contributed by atoms with Gasteiger partial charge in [0.15, 0.2) is 17.3 Å². The molecule has 0 radical (unpaired) electrons. The van der Waals surface area contributed by atoms with Crippen LogP contribution in [-0.4, -0.2) is 41.1 Å². The first kappa shape index (κ1) is 36.3. The topological polar surface area (TPSA) is 121 Å². The average molecular weight is 777 g/mol. The van der Waals surface area contributed by atoms with Crippen LogP contribution in [0.2, 0.25) is 5.02 Å². The van der Waals surface area contributed by atoms with Crippen LogP contribution in [0.3, 0.4) is 0 Å². The number of phenols is 1. The Bertz CT molecular complexity index is 2500. The highest BCUT2D eigenvalue weighted by Crippen LogP contribution is 2.65. The molecule has 2 aliphatic carbocycles. The highest BCUT2D eigenvalue weighted by molar-refractivity contribution is 6.32. The van der Waals surface area contributed by atoms with Crippen molar-refractivity contribution in [3.05, 3.63) is 166 Å². The van der Waals surface area contributed by atoms with Gasteiger partial charge >= 0.3 is 0 Å². The second-order valence-electron chi connectivity index (χ2n) is 15.0. The fourth-order valence-corrected chi connectivity index (χ4v) is 10.1. The standard InChI is InChI=1S/C47H37ClN2O7/c1-2-57-39-24-29(18-23-38(39)51)41-34-21-22-35-40(45(55)49(43(35)53)32-19-16-28(17-20-32)42(52)27-10-5-3-6-11-27)36(34)26-37-44(54)50(33-15-9-14-31(48)25-33)46(56)47(37,41)30-12-7-4-8-13-30/h3-21,23-25,35-37,40-41,51H,2,22,26H2,1H3. The van der Waals surface area contributed by atoms with Crippen LogP contribution in [0.15, 0.2) is 139 Å². The molecule has 57 heavy (non-hydrogen) atoms. The molecule has 1 saturated carbocycles. The summed E-state index contributed by atoms with van der Waals surface area (Å²) in [6.07, 6.45) is 2.36. The number of ketones is 1. The number of allylic oxidation sites excluding steroid dienone is 2. The summed E-state index contributed by atoms with van der Waals surface area (Å²) in [5, 5.41) is 11.2. The Morgan fingerprint density at radius 1 is 0.754 bits per heavy atom. The number of phenolic OH excluding ortho intramolecular Hbond substituents is 1. The van der Waals surface area contributed by atoms with Crippen molar-refractivity contribution in [1.29, 1.82) is 0 Å². The molecule has 2 aliphatic heterocycles. The summed E-state index contributed by atoms with van der Waals surface area (Å²) in [5.41, 5.74) is 2.22. The monoisotopic (exact) mass is 776 g/mol. The molecule has 6 unspecified atom stereocenters. The normalized spacial score (nSPS) is 25.2. The average Bonchev–Trinajstić information content (AvgIpc) is 3.62. The maximum atomic E-state index is 15.5. The van der Waals surface area contributed by atoms with E-state index in [2.05, 4.69) is 0 Å². The van der Waals surface area contributed by atoms with E-state index in [1.165, 1.54) is 15.9 Å². The maximum Gasteiger partial charge on any atom is 0.246 e. The number of hydrogen-bond acceptors (Lipinski definition) is 7. The maximum absolute atomic E-state index is 15.5. The Kier molecular flexibility index (Phi) is 8.93. The number of nitrogens with zero attached hydrogens (tertiary/aromatic N) is 2. The minimum atomic E-state index is -1.47. The van der Waals surface area contributed by atoms with E-state index < -0.39 is 52.7 Å². The van der Waals surface area contributed by atoms with Gasteiger partial charge in [0.1, 0.15) is 0 Å². The van der Waals surface area contributed by atoms with Crippen molar-refractivity contribution in [1.82, 2.24) is 0 Å². The fourth-order valence-electron chi connectivity index (χ4n) is 9.87. The quantitative estimate of drug-likeness (QED) is 0.0962. The number of rotatable bonds is 8. The number of ether oxygens (including phenoxy) is 1. The van der Waals surface area contributed by atoms with Gasteiger partial charge in [0, 0.05) is 22.1 Å². The van der Waals surface area contributed by atoms with Gasteiger partial charge in [-0.25, -0.2) is 4.90 Å². The predicted molar refractivity (Wildman–Crippen MR) is 214 cm³/mol. The Morgan fingerprint density at radius 2 is 1.46 bits per heavy atom. The van der Waals surface area contributed by atoms with Crippen LogP contribution < -0.4 is 14.5 Å². The minimum absolute atomic E-state index is 0.0750. The van der Waals surface area contributed by atoms with E-state index in [-0.39, 0.29) is 42.6 Å². The van der Waals surface area contributed by atoms with Crippen LogP contribution in [0.4, 0.5) is 11.4 Å². The second kappa shape index (κ2) is 14.0. The second-order valence-corrected chi connectivity index (χ2v) is 15.4. The van der Waals surface area contributed by atoms with E-state index in [4.69, 9.17) is 16.3 Å². The molecule has 1 N–H and O–H groups in total. The van der Waals surface area contributed by atoms with Crippen LogP contribution in [0.25, 0.3) is 0 Å². The number of imide groups is 2. The Labute approximate surface area is 334 Å². The first-order valence-electron chi connectivity index (χ1n) is 19.1. The highest BCUT2D eigenvalue weighted by Gasteiger charge is 2.70. The van der Waals surface area contributed by atoms with Gasteiger partial charge in [0.05, 0.1) is 41.2 Å². The Morgan fingerprint density at radius 3 is 2.16 bits per heavy atom. The van der Waals surface area contributed by atoms with E-state index in [1.807, 2.05) is 42.5 Å². The fraction of sp³-hybridized carbons (Fsp3) is 0.213. The number of aromatic hydroxyl groups is 1. The first-order chi connectivity index (χ1) is 27.6. The molecule has 4 amide bonds. The van der Waals surface area contributed by atoms with E-state index in [0.29, 0.717) is 38.7 Å². The van der Waals surface area contributed by atoms with Crippen molar-refractivity contribution in [3.63, 3.8) is 0 Å². The number of benzene rings is 5. The van der Waals surface area contributed by atoms with Crippen LogP contribution in [0, 0.1) is 23.7 Å². The largest absolute Gasteiger partial charge is 0.504 e. The number of fused-ring (bicyclic) bond motifs is 4. The third-order valence-corrected chi connectivity index (χ3v) is 12.4. The first-order valence-corrected chi connectivity index (χ1v) is 19.5. The number of hydrogen-bond donors (Lipinski definition) is 1. The molecular weight excluding hydrogens is 740 g/mol. The summed E-state index contributed by atoms with van der Waals surface area (Å²) < 4.78 is 5.84. The molecule has 5 aromatic carbocycles. The third-order valence-electron chi connectivity index (χ3n) is 12.2. The Balaban J connectivity index is 1.18. The van der Waals surface area contributed by atoms with Gasteiger partial charge in [0.2, 0.25) is 23.6 Å². The zero-order valence-electron chi connectivity index (χ0n) is 30.9. The lowest BCUT2D eigenvalue weighted by Crippen LogP contribution is -2.53. The van der Waals surface area contributed by atoms with Crippen molar-refractivity contribution < 1.29 is 33.8 Å². The summed E-state index contributed by atoms with van der Waals surface area (Å²) in [4.78, 5) is 75.1. The van der Waals surface area contributed by atoms with Gasteiger partial charge < -0.3 is 9.84 Å². The van der Waals surface area contributed by atoms with Gasteiger partial charge in [-0.2, -0.15) is 0 Å². The van der Waals surface area contributed by atoms with Gasteiger partial charge in [-0.1, -0.05) is 96.0 Å². The van der Waals surface area contributed by atoms with Crippen LogP contribution >= 0.6 is 11.6 Å². The molecule has 2 saturated heterocycles. The zero-order chi connectivity index (χ0) is 39.6. The van der Waals surface area contributed by atoms with Crippen molar-refractivity contribution in [3.8, 4) is 11.5 Å². The molecule has 9 nitrogen and oxygen atoms in total. The number of amides is 4. The lowest BCUT2D eigenvalue weighted by Gasteiger charge is -2.50. The van der Waals surface area contributed by atoms with E-state index in [0.717, 1.165) is 5.57 Å². The van der Waals surface area contributed by atoms with Gasteiger partial charge in [0.25, 0.3) is 0 Å². The van der Waals surface area contributed by atoms with Gasteiger partial charge in [-0.15, -0.1) is 0 Å². The molecule has 0 bridgehead atoms. The van der Waals surface area contributed by atoms with Crippen molar-refractivity contribution in [2.45, 2.75) is 31.1 Å². The number of carbonyl (C=O) groups excluding carboxylic acids is 5. The molecule has 0 spiro atoms. The molecule has 9 rings (SSSR count). The number of carbonyl (C=O) groups is 5. The SMILES string of the molecule is CCOc1cc(C2C3=CCC4C(=O)N(c5ccc(C(=O)c6ccccc6)cc5)C(=O)C4C3CC3C(=O)N(c4cccc(Cl)c4)C(=O)C32c2ccccc2)ccc1O. The van der Waals surface area contributed by atoms with Crippen molar-refractivity contribution >= 4 is 52.4 Å². The van der Waals surface area contributed by atoms with Crippen LogP contribution in [0.1, 0.15) is 52.7 Å². The molecule has 0 aromatic heterocycles.